The average molecular weight is 341 g/mol. The van der Waals surface area contributed by atoms with E-state index in [1.54, 1.807) is 6.07 Å². The van der Waals surface area contributed by atoms with Gasteiger partial charge in [0.2, 0.25) is 0 Å². The number of ether oxygens (including phenoxy) is 1. The summed E-state index contributed by atoms with van der Waals surface area (Å²) in [5.74, 6) is -0.883. The highest BCUT2D eigenvalue weighted by Gasteiger charge is 2.10. The van der Waals surface area contributed by atoms with Gasteiger partial charge in [-0.25, -0.2) is 4.79 Å². The number of carboxylic acid groups (broad SMARTS) is 1. The van der Waals surface area contributed by atoms with Gasteiger partial charge in [-0.2, -0.15) is 0 Å². The number of hydrogen-bond donors (Lipinski definition) is 1. The predicted octanol–water partition coefficient (Wildman–Crippen LogP) is 4.23. The van der Waals surface area contributed by atoms with Crippen molar-refractivity contribution in [2.45, 2.75) is 20.1 Å². The molecule has 2 rings (SSSR count). The van der Waals surface area contributed by atoms with Gasteiger partial charge in [-0.3, -0.25) is 0 Å². The smallest absolute Gasteiger partial charge is 0.345 e. The van der Waals surface area contributed by atoms with Crippen LogP contribution in [0.1, 0.15) is 25.7 Å². The standard InChI is InChI=1S/C14H13BrO3S/c1-9-11(6-13(19-9)14(16)17)8-18-7-10-3-2-4-12(15)5-10/h2-6H,7-8H2,1H3,(H,16,17). The summed E-state index contributed by atoms with van der Waals surface area (Å²) in [4.78, 5) is 12.2. The lowest BCUT2D eigenvalue weighted by Crippen LogP contribution is -1.95. The van der Waals surface area contributed by atoms with E-state index in [0.29, 0.717) is 18.1 Å². The molecule has 0 aliphatic rings. The van der Waals surface area contributed by atoms with Crippen molar-refractivity contribution < 1.29 is 14.6 Å². The van der Waals surface area contributed by atoms with Gasteiger partial charge >= 0.3 is 5.97 Å². The van der Waals surface area contributed by atoms with Crippen molar-refractivity contribution in [3.8, 4) is 0 Å². The van der Waals surface area contributed by atoms with Crippen LogP contribution in [0.5, 0.6) is 0 Å². The molecule has 0 atom stereocenters. The Morgan fingerprint density at radius 3 is 2.79 bits per heavy atom. The minimum absolute atomic E-state index is 0.360. The summed E-state index contributed by atoms with van der Waals surface area (Å²) in [5, 5.41) is 8.92. The van der Waals surface area contributed by atoms with Gasteiger partial charge in [0.15, 0.2) is 0 Å². The van der Waals surface area contributed by atoms with Gasteiger partial charge in [0.1, 0.15) is 4.88 Å². The van der Waals surface area contributed by atoms with Gasteiger partial charge in [-0.15, -0.1) is 11.3 Å². The second-order valence-corrected chi connectivity index (χ2v) is 6.29. The lowest BCUT2D eigenvalue weighted by atomic mass is 10.2. The van der Waals surface area contributed by atoms with Crippen molar-refractivity contribution in [2.24, 2.45) is 0 Å². The molecule has 0 saturated heterocycles. The summed E-state index contributed by atoms with van der Waals surface area (Å²) in [7, 11) is 0. The summed E-state index contributed by atoms with van der Waals surface area (Å²) < 4.78 is 6.65. The Morgan fingerprint density at radius 2 is 2.16 bits per heavy atom. The van der Waals surface area contributed by atoms with E-state index in [-0.39, 0.29) is 0 Å². The van der Waals surface area contributed by atoms with Crippen molar-refractivity contribution in [1.29, 1.82) is 0 Å². The van der Waals surface area contributed by atoms with Gasteiger partial charge in [0.05, 0.1) is 13.2 Å². The first-order chi connectivity index (χ1) is 9.06. The van der Waals surface area contributed by atoms with Crippen molar-refractivity contribution in [2.75, 3.05) is 0 Å². The molecule has 1 heterocycles. The van der Waals surface area contributed by atoms with Crippen LogP contribution in [0.2, 0.25) is 0 Å². The monoisotopic (exact) mass is 340 g/mol. The maximum atomic E-state index is 10.9. The number of halogens is 1. The van der Waals surface area contributed by atoms with Gasteiger partial charge in [-0.1, -0.05) is 28.1 Å². The zero-order valence-corrected chi connectivity index (χ0v) is 12.8. The number of hydrogen-bond acceptors (Lipinski definition) is 3. The van der Waals surface area contributed by atoms with Crippen LogP contribution in [0.15, 0.2) is 34.8 Å². The van der Waals surface area contributed by atoms with Crippen LogP contribution in [-0.4, -0.2) is 11.1 Å². The molecule has 1 N–H and O–H groups in total. The minimum Gasteiger partial charge on any atom is -0.477 e. The van der Waals surface area contributed by atoms with E-state index < -0.39 is 5.97 Å². The first-order valence-corrected chi connectivity index (χ1v) is 7.32. The quantitative estimate of drug-likeness (QED) is 0.885. The third-order valence-corrected chi connectivity index (χ3v) is 4.22. The van der Waals surface area contributed by atoms with Gasteiger partial charge in [0, 0.05) is 9.35 Å². The van der Waals surface area contributed by atoms with E-state index >= 15 is 0 Å². The fraction of sp³-hybridized carbons (Fsp3) is 0.214. The van der Waals surface area contributed by atoms with Crippen molar-refractivity contribution in [3.63, 3.8) is 0 Å². The molecule has 5 heteroatoms. The molecule has 0 aliphatic carbocycles. The number of thiophene rings is 1. The Balaban J connectivity index is 1.94. The Hall–Kier alpha value is -1.17. The highest BCUT2D eigenvalue weighted by molar-refractivity contribution is 9.10. The molecule has 2 aromatic rings. The number of rotatable bonds is 5. The number of benzene rings is 1. The number of aryl methyl sites for hydroxylation is 1. The number of carbonyl (C=O) groups is 1. The molecule has 19 heavy (non-hydrogen) atoms. The van der Waals surface area contributed by atoms with Crippen molar-refractivity contribution >= 4 is 33.2 Å². The molecule has 1 aromatic heterocycles. The third kappa shape index (κ3) is 3.89. The summed E-state index contributed by atoms with van der Waals surface area (Å²) in [5.41, 5.74) is 2.03. The third-order valence-electron chi connectivity index (χ3n) is 2.65. The molecule has 0 aliphatic heterocycles. The molecule has 0 amide bonds. The maximum absolute atomic E-state index is 10.9. The van der Waals surface area contributed by atoms with Crippen LogP contribution in [-0.2, 0) is 18.0 Å². The fourth-order valence-corrected chi connectivity index (χ4v) is 2.99. The molecule has 0 spiro atoms. The topological polar surface area (TPSA) is 46.5 Å². The highest BCUT2D eigenvalue weighted by atomic mass is 79.9. The zero-order valence-electron chi connectivity index (χ0n) is 10.4. The van der Waals surface area contributed by atoms with E-state index in [9.17, 15) is 4.79 Å². The Bertz CT molecular complexity index is 592. The minimum atomic E-state index is -0.883. The van der Waals surface area contributed by atoms with Crippen molar-refractivity contribution in [3.05, 3.63) is 55.7 Å². The van der Waals surface area contributed by atoms with Crippen molar-refractivity contribution in [1.82, 2.24) is 0 Å². The van der Waals surface area contributed by atoms with Crippen LogP contribution in [0.4, 0.5) is 0 Å². The van der Waals surface area contributed by atoms with E-state index in [1.807, 2.05) is 31.2 Å². The molecule has 0 unspecified atom stereocenters. The van der Waals surface area contributed by atoms with E-state index in [1.165, 1.54) is 11.3 Å². The molecular formula is C14H13BrO3S. The molecular weight excluding hydrogens is 328 g/mol. The number of aromatic carboxylic acids is 1. The van der Waals surface area contributed by atoms with Crippen LogP contribution in [0.25, 0.3) is 0 Å². The van der Waals surface area contributed by atoms with Crippen LogP contribution in [0.3, 0.4) is 0 Å². The Morgan fingerprint density at radius 1 is 1.37 bits per heavy atom. The van der Waals surface area contributed by atoms with E-state index in [0.717, 1.165) is 20.5 Å². The second-order valence-electron chi connectivity index (χ2n) is 4.12. The highest BCUT2D eigenvalue weighted by Crippen LogP contribution is 2.22. The molecule has 0 bridgehead atoms. The summed E-state index contributed by atoms with van der Waals surface area (Å²) >= 11 is 4.69. The first kappa shape index (κ1) is 14.2. The van der Waals surface area contributed by atoms with Crippen LogP contribution < -0.4 is 0 Å². The predicted molar refractivity (Wildman–Crippen MR) is 78.7 cm³/mol. The SMILES string of the molecule is Cc1sc(C(=O)O)cc1COCc1cccc(Br)c1. The lowest BCUT2D eigenvalue weighted by Gasteiger charge is -2.04. The normalized spacial score (nSPS) is 10.6. The van der Waals surface area contributed by atoms with Gasteiger partial charge in [-0.05, 0) is 36.2 Å². The van der Waals surface area contributed by atoms with Crippen LogP contribution >= 0.6 is 27.3 Å². The van der Waals surface area contributed by atoms with E-state index in [2.05, 4.69) is 15.9 Å². The summed E-state index contributed by atoms with van der Waals surface area (Å²) in [6, 6.07) is 9.60. The van der Waals surface area contributed by atoms with E-state index in [4.69, 9.17) is 9.84 Å². The molecule has 0 radical (unpaired) electrons. The van der Waals surface area contributed by atoms with Gasteiger partial charge < -0.3 is 9.84 Å². The number of carboxylic acids is 1. The molecule has 0 fully saturated rings. The Kier molecular flexibility index (Phi) is 4.74. The van der Waals surface area contributed by atoms with Crippen LogP contribution in [0, 0.1) is 6.92 Å². The fourth-order valence-electron chi connectivity index (χ4n) is 1.67. The largest absolute Gasteiger partial charge is 0.477 e. The second kappa shape index (κ2) is 6.32. The zero-order chi connectivity index (χ0) is 13.8. The average Bonchev–Trinajstić information content (AvgIpc) is 2.71. The Labute approximate surface area is 124 Å². The lowest BCUT2D eigenvalue weighted by molar-refractivity contribution is 0.0701. The summed E-state index contributed by atoms with van der Waals surface area (Å²) in [6.45, 7) is 2.86. The molecule has 3 nitrogen and oxygen atoms in total. The molecule has 1 aromatic carbocycles. The molecule has 0 saturated carbocycles. The van der Waals surface area contributed by atoms with Gasteiger partial charge in [0.25, 0.3) is 0 Å². The summed E-state index contributed by atoms with van der Waals surface area (Å²) in [6.07, 6.45) is 0. The molecule has 100 valence electrons. The first-order valence-electron chi connectivity index (χ1n) is 5.71. The maximum Gasteiger partial charge on any atom is 0.345 e.